The van der Waals surface area contributed by atoms with Gasteiger partial charge in [-0.05, 0) is 163 Å². The minimum Gasteiger partial charge on any atom is -0.458 e. The molecule has 0 saturated heterocycles. The average Bonchev–Trinajstić information content (AvgIpc) is 0.804. The van der Waals surface area contributed by atoms with Crippen LogP contribution < -0.4 is 68.1 Å². The lowest BCUT2D eigenvalue weighted by Crippen LogP contribution is -2.74. The lowest BCUT2D eigenvalue weighted by atomic mass is 9.29. The van der Waals surface area contributed by atoms with E-state index in [1.54, 1.807) is 0 Å². The van der Waals surface area contributed by atoms with Crippen molar-refractivity contribution in [3.05, 3.63) is 288 Å². The highest BCUT2D eigenvalue weighted by molar-refractivity contribution is 7.20. The highest BCUT2D eigenvalue weighted by atomic mass is 28.3. The number of nitrogens with zero attached hydrogens (tertiary/aromatic N) is 2. The number of hydrogen-bond acceptors (Lipinski definition) is 3. The Balaban J connectivity index is 1.04. The van der Waals surface area contributed by atoms with E-state index in [1.807, 2.05) is 0 Å². The fraction of sp³-hybridized carbons (Fsp3) is 0.205. The normalized spacial score (nSPS) is 14.9. The van der Waals surface area contributed by atoms with Crippen molar-refractivity contribution in [2.24, 2.45) is 0 Å². The van der Waals surface area contributed by atoms with Crippen LogP contribution in [0, 0.1) is 0 Å². The molecule has 1 unspecified atom stereocenters. The Morgan fingerprint density at radius 2 is 0.719 bits per heavy atom. The number of fused-ring (bicyclic) bond motifs is 8. The molecule has 4 aliphatic heterocycles. The maximum Gasteiger partial charge on any atom is 0.256 e. The molecule has 0 saturated carbocycles. The molecule has 0 bridgehead atoms. The van der Waals surface area contributed by atoms with E-state index in [-0.39, 0.29) is 41.0 Å². The summed E-state index contributed by atoms with van der Waals surface area (Å²) < 4.78 is 7.03. The SMILES string of the molecule is CC(C)(C)c1cc(N2c3cc4c(cc3B3c5ccccc5Oc5cccc2c53)B2c3ccccc3C(c3cccc([Si](c5ccccc5)(c5ccccc5)c5ccccc5)c3)c3cccc(c32)N4c2cc(C(C)(C)C)cc(C(C)(C)C)c2)cc(C(C)(C)C)c1. The minimum atomic E-state index is -2.89. The summed E-state index contributed by atoms with van der Waals surface area (Å²) in [5.41, 5.74) is 23.7. The van der Waals surface area contributed by atoms with E-state index < -0.39 is 8.07 Å². The van der Waals surface area contributed by atoms with Crippen molar-refractivity contribution < 1.29 is 4.74 Å². The zero-order valence-corrected chi connectivity index (χ0v) is 54.7. The lowest BCUT2D eigenvalue weighted by molar-refractivity contribution is 0.487. The van der Waals surface area contributed by atoms with Crippen LogP contribution >= 0.6 is 0 Å². The van der Waals surface area contributed by atoms with Gasteiger partial charge >= 0.3 is 0 Å². The fourth-order valence-electron chi connectivity index (χ4n) is 15.4. The van der Waals surface area contributed by atoms with Gasteiger partial charge in [-0.15, -0.1) is 0 Å². The Labute approximate surface area is 530 Å². The second kappa shape index (κ2) is 20.6. The zero-order valence-electron chi connectivity index (χ0n) is 53.7. The summed E-state index contributed by atoms with van der Waals surface area (Å²) in [6, 6.07) is 96.3. The molecule has 0 aromatic heterocycles. The maximum atomic E-state index is 7.03. The number of ether oxygens (including phenoxy) is 1. The van der Waals surface area contributed by atoms with E-state index in [4.69, 9.17) is 4.74 Å². The topological polar surface area (TPSA) is 15.7 Å². The Hall–Kier alpha value is -8.83. The number of benzene rings is 11. The van der Waals surface area contributed by atoms with Gasteiger partial charge in [0, 0.05) is 40.0 Å². The molecule has 436 valence electrons. The van der Waals surface area contributed by atoms with Gasteiger partial charge in [-0.3, -0.25) is 0 Å². The van der Waals surface area contributed by atoms with E-state index >= 15 is 0 Å². The monoisotopic (exact) mass is 1170 g/mol. The van der Waals surface area contributed by atoms with Crippen molar-refractivity contribution in [1.82, 2.24) is 0 Å². The molecule has 1 atom stereocenters. The molecule has 0 N–H and O–H groups in total. The average molecular weight is 1170 g/mol. The summed E-state index contributed by atoms with van der Waals surface area (Å²) in [5.74, 6) is 1.77. The Morgan fingerprint density at radius 1 is 0.315 bits per heavy atom. The molecule has 0 aliphatic carbocycles. The second-order valence-corrected chi connectivity index (χ2v) is 33.5. The Bertz CT molecular complexity index is 4440. The number of para-hydroxylation sites is 1. The van der Waals surface area contributed by atoms with Gasteiger partial charge in [0.1, 0.15) is 11.5 Å². The minimum absolute atomic E-state index is 0.0576. The highest BCUT2D eigenvalue weighted by Crippen LogP contribution is 2.49. The third kappa shape index (κ3) is 9.14. The van der Waals surface area contributed by atoms with Gasteiger partial charge in [0.25, 0.3) is 6.71 Å². The quantitative estimate of drug-likeness (QED) is 0.117. The number of hydrogen-bond donors (Lipinski definition) is 0. The predicted molar refractivity (Wildman–Crippen MR) is 384 cm³/mol. The predicted octanol–water partition coefficient (Wildman–Crippen LogP) is 14.5. The van der Waals surface area contributed by atoms with Crippen LogP contribution in [0.15, 0.2) is 249 Å². The Kier molecular flexibility index (Phi) is 13.1. The molecule has 0 radical (unpaired) electrons. The van der Waals surface area contributed by atoms with E-state index in [1.165, 1.54) is 115 Å². The van der Waals surface area contributed by atoms with Crippen LogP contribution in [-0.4, -0.2) is 21.5 Å². The number of anilines is 6. The first kappa shape index (κ1) is 56.7. The van der Waals surface area contributed by atoms with Gasteiger partial charge in [-0.25, -0.2) is 0 Å². The van der Waals surface area contributed by atoms with Gasteiger partial charge in [-0.1, -0.05) is 283 Å². The standard InChI is InChI=1S/C83H78B2N2OSi/c1-80(2,3)55-46-56(81(4,5)6)49-59(48-55)86-71-41-27-38-66-77(54-29-26-36-64(45-54)89(61-30-16-13-17-31-61,62-32-18-14-19-33-62)63-34-20-15-21-35-63)65-37-22-23-39-67(65)84(78(66)71)69-52-70-74(53-73(69)86)87(60-50-57(82(7,8)9)47-58(51-60)83(10,11)12)72-42-28-44-76-79(72)85(70)68-40-24-25-43-75(68)88-76/h13-53,77H,1-12H3. The van der Waals surface area contributed by atoms with E-state index in [2.05, 4.69) is 342 Å². The third-order valence-electron chi connectivity index (χ3n) is 20.0. The summed E-state index contributed by atoms with van der Waals surface area (Å²) in [4.78, 5) is 5.29. The molecule has 4 heterocycles. The highest BCUT2D eigenvalue weighted by Gasteiger charge is 2.49. The van der Waals surface area contributed by atoms with Gasteiger partial charge in [0.05, 0.1) is 0 Å². The number of rotatable bonds is 7. The van der Waals surface area contributed by atoms with Gasteiger partial charge in [0.2, 0.25) is 6.71 Å². The molecule has 0 amide bonds. The molecular weight excluding hydrogens is 1090 g/mol. The second-order valence-electron chi connectivity index (χ2n) is 29.7. The molecule has 0 spiro atoms. The van der Waals surface area contributed by atoms with Crippen molar-refractivity contribution in [1.29, 1.82) is 0 Å². The molecular formula is C83H78B2N2OSi. The summed E-state index contributed by atoms with van der Waals surface area (Å²) >= 11 is 0. The fourth-order valence-corrected chi connectivity index (χ4v) is 20.2. The van der Waals surface area contributed by atoms with Crippen LogP contribution in [0.4, 0.5) is 34.1 Å². The van der Waals surface area contributed by atoms with Crippen LogP contribution in [0.5, 0.6) is 11.5 Å². The van der Waals surface area contributed by atoms with Crippen molar-refractivity contribution in [2.75, 3.05) is 9.80 Å². The van der Waals surface area contributed by atoms with Crippen molar-refractivity contribution in [3.63, 3.8) is 0 Å². The first-order valence-corrected chi connectivity index (χ1v) is 34.2. The van der Waals surface area contributed by atoms with Crippen molar-refractivity contribution in [2.45, 2.75) is 111 Å². The molecule has 4 aliphatic rings. The van der Waals surface area contributed by atoms with Gasteiger partial charge in [-0.2, -0.15) is 0 Å². The van der Waals surface area contributed by atoms with Crippen LogP contribution in [0.25, 0.3) is 0 Å². The maximum absolute atomic E-state index is 7.03. The summed E-state index contributed by atoms with van der Waals surface area (Å²) in [6.45, 7) is 28.1. The molecule has 11 aromatic carbocycles. The third-order valence-corrected chi connectivity index (χ3v) is 24.7. The van der Waals surface area contributed by atoms with Crippen molar-refractivity contribution in [3.8, 4) is 11.5 Å². The van der Waals surface area contributed by atoms with E-state index in [9.17, 15) is 0 Å². The zero-order chi connectivity index (χ0) is 61.5. The van der Waals surface area contributed by atoms with Crippen LogP contribution in [0.1, 0.15) is 128 Å². The summed E-state index contributed by atoms with van der Waals surface area (Å²) in [6.07, 6.45) is 0. The van der Waals surface area contributed by atoms with Gasteiger partial charge < -0.3 is 14.5 Å². The Morgan fingerprint density at radius 3 is 1.24 bits per heavy atom. The molecule has 15 rings (SSSR count). The smallest absolute Gasteiger partial charge is 0.256 e. The largest absolute Gasteiger partial charge is 0.458 e. The molecule has 3 nitrogen and oxygen atoms in total. The van der Waals surface area contributed by atoms with Crippen LogP contribution in [-0.2, 0) is 21.7 Å². The molecule has 11 aromatic rings. The molecule has 0 fully saturated rings. The molecule has 89 heavy (non-hydrogen) atoms. The summed E-state index contributed by atoms with van der Waals surface area (Å²) in [7, 11) is -2.89. The van der Waals surface area contributed by atoms with E-state index in [0.29, 0.717) is 0 Å². The van der Waals surface area contributed by atoms with Gasteiger partial charge in [0.15, 0.2) is 8.07 Å². The first-order chi connectivity index (χ1) is 42.7. The van der Waals surface area contributed by atoms with E-state index in [0.717, 1.165) is 22.9 Å². The molecule has 6 heteroatoms. The van der Waals surface area contributed by atoms with Crippen molar-refractivity contribution >= 4 is 109 Å². The lowest BCUT2D eigenvalue weighted by Gasteiger charge is -2.46. The van der Waals surface area contributed by atoms with Crippen LogP contribution in [0.2, 0.25) is 0 Å². The van der Waals surface area contributed by atoms with Crippen LogP contribution in [0.3, 0.4) is 0 Å². The first-order valence-electron chi connectivity index (χ1n) is 32.2. The summed E-state index contributed by atoms with van der Waals surface area (Å²) in [5, 5.41) is 5.49.